The highest BCUT2D eigenvalue weighted by molar-refractivity contribution is 6.83. The van der Waals surface area contributed by atoms with E-state index in [-0.39, 0.29) is 0 Å². The van der Waals surface area contributed by atoms with E-state index >= 15 is 0 Å². The minimum Gasteiger partial charge on any atom is -0.487 e. The third-order valence-electron chi connectivity index (χ3n) is 0.949. The second-order valence-corrected chi connectivity index (χ2v) is 1.63. The number of hydrogen-bond donors (Lipinski definition) is 1. The maximum absolute atomic E-state index is 10.1. The quantitative estimate of drug-likeness (QED) is 0.417. The highest BCUT2D eigenvalue weighted by Gasteiger charge is 2.28. The topological polar surface area (TPSA) is 55.8 Å². The monoisotopic (exact) mass is 128 g/mol. The molecule has 0 radical (unpaired) electrons. The smallest absolute Gasteiger partial charge is 0.484 e. The first-order valence-electron chi connectivity index (χ1n) is 2.50. The van der Waals surface area contributed by atoms with Crippen LogP contribution in [0.15, 0.2) is 12.3 Å². The molecule has 1 N–H and O–H groups in total. The molecule has 0 aromatic carbocycles. The average molecular weight is 128 g/mol. The molecule has 9 heavy (non-hydrogen) atoms. The first kappa shape index (κ1) is 6.16. The van der Waals surface area contributed by atoms with Gasteiger partial charge in [0.15, 0.2) is 0 Å². The van der Waals surface area contributed by atoms with Gasteiger partial charge in [0.2, 0.25) is 0 Å². The molecule has 0 atom stereocenters. The molecule has 1 heterocycles. The second-order valence-electron chi connectivity index (χ2n) is 1.63. The lowest BCUT2D eigenvalue weighted by Crippen LogP contribution is -2.28. The van der Waals surface area contributed by atoms with Crippen molar-refractivity contribution in [3.05, 3.63) is 12.3 Å². The molecule has 0 amide bonds. The lowest BCUT2D eigenvalue weighted by Gasteiger charge is -2.08. The molecule has 0 spiro atoms. The Balaban J connectivity index is 2.44. The third-order valence-corrected chi connectivity index (χ3v) is 0.949. The summed E-state index contributed by atoms with van der Waals surface area (Å²) in [6, 6.07) is 0. The van der Waals surface area contributed by atoms with Crippen LogP contribution in [0.4, 0.5) is 4.79 Å². The number of rotatable bonds is 1. The van der Waals surface area contributed by atoms with Crippen molar-refractivity contribution < 1.29 is 19.6 Å². The molecule has 1 aliphatic rings. The molecule has 0 saturated carbocycles. The van der Waals surface area contributed by atoms with Crippen molar-refractivity contribution in [2.24, 2.45) is 0 Å². The molecule has 0 aliphatic carbocycles. The van der Waals surface area contributed by atoms with Gasteiger partial charge in [0.05, 0.1) is 0 Å². The largest absolute Gasteiger partial charge is 0.487 e. The highest BCUT2D eigenvalue weighted by Crippen LogP contribution is 2.04. The van der Waals surface area contributed by atoms with Crippen molar-refractivity contribution in [3.8, 4) is 0 Å². The lowest BCUT2D eigenvalue weighted by atomic mass is 9.65. The summed E-state index contributed by atoms with van der Waals surface area (Å²) >= 11 is 0. The zero-order valence-electron chi connectivity index (χ0n) is 4.61. The van der Waals surface area contributed by atoms with E-state index in [0.29, 0.717) is 6.32 Å². The molecular formula is C4H5BO4. The van der Waals surface area contributed by atoms with Gasteiger partial charge < -0.3 is 9.99 Å². The van der Waals surface area contributed by atoms with Crippen LogP contribution in [0.25, 0.3) is 0 Å². The van der Waals surface area contributed by atoms with Crippen LogP contribution in [0.1, 0.15) is 0 Å². The van der Waals surface area contributed by atoms with Crippen molar-refractivity contribution in [2.75, 3.05) is 0 Å². The van der Waals surface area contributed by atoms with Crippen molar-refractivity contribution in [1.29, 1.82) is 0 Å². The van der Waals surface area contributed by atoms with E-state index in [9.17, 15) is 4.79 Å². The Morgan fingerprint density at radius 1 is 1.78 bits per heavy atom. The zero-order chi connectivity index (χ0) is 6.69. The molecule has 1 aliphatic heterocycles. The minimum absolute atomic E-state index is 0.370. The van der Waals surface area contributed by atoms with Gasteiger partial charge in [-0.2, -0.15) is 0 Å². The summed E-state index contributed by atoms with van der Waals surface area (Å²) in [5, 5.41) is 8.30. The first-order chi connectivity index (χ1) is 4.30. The maximum Gasteiger partial charge on any atom is 0.484 e. The molecule has 0 unspecified atom stereocenters. The summed E-state index contributed by atoms with van der Waals surface area (Å²) in [5.41, 5.74) is 0. The van der Waals surface area contributed by atoms with E-state index in [2.05, 4.69) is 9.69 Å². The fourth-order valence-electron chi connectivity index (χ4n) is 0.499. The number of carboxylic acid groups (broad SMARTS) is 1. The van der Waals surface area contributed by atoms with Gasteiger partial charge in [0.1, 0.15) is 6.26 Å². The molecule has 48 valence electrons. The van der Waals surface area contributed by atoms with Crippen LogP contribution in [-0.2, 0) is 9.69 Å². The van der Waals surface area contributed by atoms with E-state index in [4.69, 9.17) is 5.11 Å². The Bertz CT molecular complexity index is 144. The molecular weight excluding hydrogens is 123 g/mol. The molecule has 0 aromatic rings. The van der Waals surface area contributed by atoms with Crippen molar-refractivity contribution in [2.45, 2.75) is 6.32 Å². The number of carbonyl (C=O) groups is 1. The molecule has 5 heteroatoms. The van der Waals surface area contributed by atoms with Gasteiger partial charge in [-0.05, 0) is 12.4 Å². The summed E-state index contributed by atoms with van der Waals surface area (Å²) in [4.78, 5) is 18.8. The van der Waals surface area contributed by atoms with E-state index in [1.807, 2.05) is 0 Å². The summed E-state index contributed by atoms with van der Waals surface area (Å²) in [5.74, 6) is -1.00. The third kappa shape index (κ3) is 1.46. The first-order valence-corrected chi connectivity index (χ1v) is 2.50. The Hall–Kier alpha value is -0.965. The molecule has 0 fully saturated rings. The lowest BCUT2D eigenvalue weighted by molar-refractivity contribution is -0.158. The summed E-state index contributed by atoms with van der Waals surface area (Å²) in [6.07, 6.45) is 3.29. The molecule has 1 rings (SSSR count). The van der Waals surface area contributed by atoms with Crippen molar-refractivity contribution in [3.63, 3.8) is 0 Å². The van der Waals surface area contributed by atoms with Crippen LogP contribution >= 0.6 is 0 Å². The zero-order valence-corrected chi connectivity index (χ0v) is 4.61. The number of hydrogen-bond acceptors (Lipinski definition) is 3. The molecule has 0 aromatic heterocycles. The molecule has 0 saturated heterocycles. The second kappa shape index (κ2) is 2.54. The van der Waals surface area contributed by atoms with E-state index in [0.717, 1.165) is 0 Å². The van der Waals surface area contributed by atoms with Crippen LogP contribution < -0.4 is 0 Å². The van der Waals surface area contributed by atoms with Crippen LogP contribution in [0.2, 0.25) is 6.32 Å². The normalized spacial score (nSPS) is 17.1. The van der Waals surface area contributed by atoms with Crippen LogP contribution in [-0.4, -0.2) is 17.9 Å². The van der Waals surface area contributed by atoms with Gasteiger partial charge in [0.25, 0.3) is 5.87 Å². The van der Waals surface area contributed by atoms with E-state index in [1.54, 1.807) is 6.08 Å². The predicted octanol–water partition coefficient (Wildman–Crippen LogP) is 0.713. The van der Waals surface area contributed by atoms with Crippen molar-refractivity contribution >= 4 is 12.8 Å². The minimum atomic E-state index is -1.00. The summed E-state index contributed by atoms with van der Waals surface area (Å²) in [6.45, 7) is -0.838. The maximum atomic E-state index is 10.1. The number of allylic oxidation sites excluding steroid dienone is 1. The average Bonchev–Trinajstić information content (AvgIpc) is 1.90. The van der Waals surface area contributed by atoms with Crippen LogP contribution in [0.3, 0.4) is 0 Å². The fraction of sp³-hybridized carbons (Fsp3) is 0.250. The summed E-state index contributed by atoms with van der Waals surface area (Å²) < 4.78 is 0. The highest BCUT2D eigenvalue weighted by atomic mass is 17.2. The summed E-state index contributed by atoms with van der Waals surface area (Å²) in [7, 11) is 0. The SMILES string of the molecule is O=C(O)B1CC=COO1. The fourth-order valence-corrected chi connectivity index (χ4v) is 0.499. The molecule has 4 nitrogen and oxygen atoms in total. The Labute approximate surface area is 52.1 Å². The van der Waals surface area contributed by atoms with Crippen molar-refractivity contribution in [1.82, 2.24) is 0 Å². The van der Waals surface area contributed by atoms with Gasteiger partial charge >= 0.3 is 6.92 Å². The van der Waals surface area contributed by atoms with Gasteiger partial charge in [-0.1, -0.05) is 0 Å². The Morgan fingerprint density at radius 3 is 2.89 bits per heavy atom. The van der Waals surface area contributed by atoms with E-state index in [1.165, 1.54) is 6.26 Å². The van der Waals surface area contributed by atoms with Gasteiger partial charge in [-0.3, -0.25) is 4.79 Å². The predicted molar refractivity (Wildman–Crippen MR) is 29.9 cm³/mol. The Morgan fingerprint density at radius 2 is 2.56 bits per heavy atom. The van der Waals surface area contributed by atoms with Gasteiger partial charge in [-0.15, -0.1) is 0 Å². The van der Waals surface area contributed by atoms with Gasteiger partial charge in [-0.25, -0.2) is 4.81 Å². The Kier molecular flexibility index (Phi) is 1.74. The van der Waals surface area contributed by atoms with E-state index < -0.39 is 12.8 Å². The van der Waals surface area contributed by atoms with Crippen LogP contribution in [0.5, 0.6) is 0 Å². The van der Waals surface area contributed by atoms with Crippen LogP contribution in [0, 0.1) is 0 Å². The van der Waals surface area contributed by atoms with Gasteiger partial charge in [0, 0.05) is 0 Å². The molecule has 0 bridgehead atoms. The standard InChI is InChI=1S/C4H5BO4/c6-4(7)5-2-1-3-8-9-5/h1,3H,2H2,(H,6,7).